The summed E-state index contributed by atoms with van der Waals surface area (Å²) in [6, 6.07) is 5.55. The highest BCUT2D eigenvalue weighted by Gasteiger charge is 2.19. The van der Waals surface area contributed by atoms with Crippen molar-refractivity contribution in [3.8, 4) is 5.75 Å². The molecule has 0 unspecified atom stereocenters. The van der Waals surface area contributed by atoms with Crippen LogP contribution < -0.4 is 10.1 Å². The molecule has 0 radical (unpaired) electrons. The quantitative estimate of drug-likeness (QED) is 0.851. The lowest BCUT2D eigenvalue weighted by Gasteiger charge is -2.08. The molecule has 2 heterocycles. The standard InChI is InChI=1S/C17H19N3O2/c1-3-12-6-4-5-11(10-18-12)17(21)16-14-8-7-13(22-2)9-15(14)19-20-16/h5-9,18H,3-4,10H2,1-2H3,(H,19,20). The van der Waals surface area contributed by atoms with Gasteiger partial charge in [-0.25, -0.2) is 0 Å². The van der Waals surface area contributed by atoms with Crippen molar-refractivity contribution in [2.24, 2.45) is 0 Å². The summed E-state index contributed by atoms with van der Waals surface area (Å²) in [5.74, 6) is 0.706. The molecule has 0 saturated carbocycles. The van der Waals surface area contributed by atoms with Crippen molar-refractivity contribution in [3.05, 3.63) is 47.3 Å². The second kappa shape index (κ2) is 6.05. The molecule has 0 aliphatic carbocycles. The van der Waals surface area contributed by atoms with Gasteiger partial charge in [-0.3, -0.25) is 9.89 Å². The van der Waals surface area contributed by atoms with Gasteiger partial charge in [0.2, 0.25) is 5.78 Å². The third-order valence-electron chi connectivity index (χ3n) is 3.89. The van der Waals surface area contributed by atoms with Crippen molar-refractivity contribution in [1.82, 2.24) is 15.5 Å². The van der Waals surface area contributed by atoms with Crippen molar-refractivity contribution in [2.75, 3.05) is 13.7 Å². The number of allylic oxidation sites excluding steroid dienone is 3. The third kappa shape index (κ3) is 2.62. The van der Waals surface area contributed by atoms with Gasteiger partial charge in [-0.05, 0) is 25.0 Å². The average Bonchev–Trinajstić information content (AvgIpc) is 2.82. The van der Waals surface area contributed by atoms with E-state index in [1.807, 2.05) is 24.3 Å². The Morgan fingerprint density at radius 1 is 1.36 bits per heavy atom. The average molecular weight is 297 g/mol. The smallest absolute Gasteiger partial charge is 0.211 e. The molecule has 1 aromatic carbocycles. The van der Waals surface area contributed by atoms with Crippen molar-refractivity contribution in [1.29, 1.82) is 0 Å². The van der Waals surface area contributed by atoms with Crippen LogP contribution in [0.2, 0.25) is 0 Å². The van der Waals surface area contributed by atoms with E-state index in [2.05, 4.69) is 28.5 Å². The van der Waals surface area contributed by atoms with Gasteiger partial charge in [-0.1, -0.05) is 19.1 Å². The first kappa shape index (κ1) is 14.4. The van der Waals surface area contributed by atoms with Crippen LogP contribution in [0.4, 0.5) is 0 Å². The van der Waals surface area contributed by atoms with Crippen molar-refractivity contribution in [2.45, 2.75) is 19.8 Å². The van der Waals surface area contributed by atoms with Gasteiger partial charge in [0.1, 0.15) is 11.4 Å². The molecule has 5 heteroatoms. The van der Waals surface area contributed by atoms with Gasteiger partial charge in [-0.2, -0.15) is 5.10 Å². The number of Topliss-reactive ketones (excluding diaryl/α,β-unsaturated/α-hetero) is 1. The highest BCUT2D eigenvalue weighted by molar-refractivity contribution is 6.14. The van der Waals surface area contributed by atoms with E-state index < -0.39 is 0 Å². The van der Waals surface area contributed by atoms with Gasteiger partial charge in [0.15, 0.2) is 0 Å². The summed E-state index contributed by atoms with van der Waals surface area (Å²) in [5, 5.41) is 11.2. The zero-order valence-corrected chi connectivity index (χ0v) is 12.8. The van der Waals surface area contributed by atoms with Gasteiger partial charge < -0.3 is 10.1 Å². The number of carbonyl (C=O) groups excluding carboxylic acids is 1. The molecule has 22 heavy (non-hydrogen) atoms. The second-order valence-electron chi connectivity index (χ2n) is 5.21. The number of benzene rings is 1. The van der Waals surface area contributed by atoms with E-state index in [0.29, 0.717) is 12.2 Å². The topological polar surface area (TPSA) is 67.0 Å². The number of aromatic amines is 1. The van der Waals surface area contributed by atoms with E-state index in [-0.39, 0.29) is 5.78 Å². The maximum Gasteiger partial charge on any atom is 0.211 e. The summed E-state index contributed by atoms with van der Waals surface area (Å²) >= 11 is 0. The monoisotopic (exact) mass is 297 g/mol. The molecule has 1 aliphatic heterocycles. The maximum atomic E-state index is 12.7. The fourth-order valence-corrected chi connectivity index (χ4v) is 2.59. The summed E-state index contributed by atoms with van der Waals surface area (Å²) in [7, 11) is 1.62. The Bertz CT molecular complexity index is 771. The first-order chi connectivity index (χ1) is 10.7. The van der Waals surface area contributed by atoms with Gasteiger partial charge in [-0.15, -0.1) is 0 Å². The number of methoxy groups -OCH3 is 1. The molecule has 0 bridgehead atoms. The lowest BCUT2D eigenvalue weighted by atomic mass is 10.0. The molecular formula is C17H19N3O2. The second-order valence-corrected chi connectivity index (χ2v) is 5.21. The number of H-pyrrole nitrogens is 1. The molecule has 1 aromatic heterocycles. The molecule has 0 fully saturated rings. The predicted octanol–water partition coefficient (Wildman–Crippen LogP) is 2.97. The summed E-state index contributed by atoms with van der Waals surface area (Å²) < 4.78 is 5.19. The molecule has 3 rings (SSSR count). The molecule has 0 amide bonds. The van der Waals surface area contributed by atoms with E-state index in [1.54, 1.807) is 7.11 Å². The van der Waals surface area contributed by atoms with Crippen molar-refractivity contribution < 1.29 is 9.53 Å². The zero-order chi connectivity index (χ0) is 15.5. The van der Waals surface area contributed by atoms with Crippen molar-refractivity contribution in [3.63, 3.8) is 0 Å². The minimum absolute atomic E-state index is 0.0327. The number of fused-ring (bicyclic) bond motifs is 1. The first-order valence-corrected chi connectivity index (χ1v) is 7.41. The van der Waals surface area contributed by atoms with Crippen LogP contribution in [0.25, 0.3) is 10.9 Å². The molecule has 1 aliphatic rings. The number of nitrogens with one attached hydrogen (secondary N) is 2. The molecule has 0 saturated heterocycles. The Kier molecular flexibility index (Phi) is 3.96. The van der Waals surface area contributed by atoms with Gasteiger partial charge in [0, 0.05) is 29.3 Å². The van der Waals surface area contributed by atoms with E-state index >= 15 is 0 Å². The number of nitrogens with zero attached hydrogens (tertiary/aromatic N) is 1. The minimum Gasteiger partial charge on any atom is -0.497 e. The molecule has 2 aromatic rings. The van der Waals surface area contributed by atoms with Crippen LogP contribution in [-0.2, 0) is 0 Å². The predicted molar refractivity (Wildman–Crippen MR) is 86.1 cm³/mol. The molecule has 2 N–H and O–H groups in total. The SMILES string of the molecule is CCC1=CCC=C(C(=O)c2n[nH]c3cc(OC)ccc23)CN1. The molecule has 114 valence electrons. The Morgan fingerprint density at radius 3 is 3.00 bits per heavy atom. The van der Waals surface area contributed by atoms with Crippen LogP contribution in [0, 0.1) is 0 Å². The fourth-order valence-electron chi connectivity index (χ4n) is 2.59. The number of aromatic nitrogens is 2. The van der Waals surface area contributed by atoms with Crippen molar-refractivity contribution >= 4 is 16.7 Å². The lowest BCUT2D eigenvalue weighted by Crippen LogP contribution is -2.19. The number of rotatable bonds is 4. The van der Waals surface area contributed by atoms with Crippen LogP contribution in [0.15, 0.2) is 41.6 Å². The Hall–Kier alpha value is -2.56. The van der Waals surface area contributed by atoms with Crippen LogP contribution in [-0.4, -0.2) is 29.6 Å². The van der Waals surface area contributed by atoms with Crippen LogP contribution in [0.1, 0.15) is 30.3 Å². The summed E-state index contributed by atoms with van der Waals surface area (Å²) in [6.07, 6.45) is 5.81. The van der Waals surface area contributed by atoms with E-state index in [9.17, 15) is 4.79 Å². The van der Waals surface area contributed by atoms with Gasteiger partial charge >= 0.3 is 0 Å². The normalized spacial score (nSPS) is 14.8. The number of hydrogen-bond donors (Lipinski definition) is 2. The number of ether oxygens (including phenoxy) is 1. The third-order valence-corrected chi connectivity index (χ3v) is 3.89. The largest absolute Gasteiger partial charge is 0.497 e. The molecule has 5 nitrogen and oxygen atoms in total. The van der Waals surface area contributed by atoms with E-state index in [0.717, 1.165) is 35.1 Å². The van der Waals surface area contributed by atoms with Crippen LogP contribution in [0.5, 0.6) is 5.75 Å². The molecule has 0 atom stereocenters. The van der Waals surface area contributed by atoms with Gasteiger partial charge in [0.25, 0.3) is 0 Å². The van der Waals surface area contributed by atoms with Crippen LogP contribution in [0.3, 0.4) is 0 Å². The Morgan fingerprint density at radius 2 is 2.23 bits per heavy atom. The van der Waals surface area contributed by atoms with E-state index in [4.69, 9.17) is 4.74 Å². The lowest BCUT2D eigenvalue weighted by molar-refractivity contribution is 0.102. The Balaban J connectivity index is 1.88. The summed E-state index contributed by atoms with van der Waals surface area (Å²) in [5.41, 5.74) is 3.20. The van der Waals surface area contributed by atoms with Gasteiger partial charge in [0.05, 0.1) is 12.6 Å². The maximum absolute atomic E-state index is 12.7. The highest BCUT2D eigenvalue weighted by Crippen LogP contribution is 2.23. The summed E-state index contributed by atoms with van der Waals surface area (Å²) in [4.78, 5) is 12.7. The number of carbonyl (C=O) groups is 1. The first-order valence-electron chi connectivity index (χ1n) is 7.41. The number of hydrogen-bond acceptors (Lipinski definition) is 4. The molecule has 0 spiro atoms. The minimum atomic E-state index is -0.0327. The van der Waals surface area contributed by atoms with E-state index in [1.165, 1.54) is 5.70 Å². The zero-order valence-electron chi connectivity index (χ0n) is 12.8. The Labute approximate surface area is 129 Å². The fraction of sp³-hybridized carbons (Fsp3) is 0.294. The highest BCUT2D eigenvalue weighted by atomic mass is 16.5. The summed E-state index contributed by atoms with van der Waals surface area (Å²) in [6.45, 7) is 2.64. The number of ketones is 1. The van der Waals surface area contributed by atoms with Crippen LogP contribution >= 0.6 is 0 Å². The molecular weight excluding hydrogens is 278 g/mol.